The fourth-order valence-electron chi connectivity index (χ4n) is 1.70. The van der Waals surface area contributed by atoms with E-state index in [0.29, 0.717) is 17.7 Å². The third kappa shape index (κ3) is 2.86. The van der Waals surface area contributed by atoms with Crippen molar-refractivity contribution in [1.82, 2.24) is 4.90 Å². The van der Waals surface area contributed by atoms with Gasteiger partial charge in [0, 0.05) is 13.1 Å². The Labute approximate surface area is 90.3 Å². The average molecular weight is 239 g/mol. The highest BCUT2D eigenvalue weighted by Gasteiger charge is 2.44. The normalized spacial score (nSPS) is 21.8. The lowest BCUT2D eigenvalue weighted by Crippen LogP contribution is -2.47. The van der Waals surface area contributed by atoms with Crippen LogP contribution in [-0.4, -0.2) is 43.2 Å². The van der Waals surface area contributed by atoms with Crippen molar-refractivity contribution in [3.05, 3.63) is 0 Å². The van der Waals surface area contributed by atoms with E-state index in [4.69, 9.17) is 0 Å². The van der Waals surface area contributed by atoms with Crippen LogP contribution in [0.5, 0.6) is 0 Å². The second kappa shape index (κ2) is 4.71. The Kier molecular flexibility index (Phi) is 3.77. The third-order valence-electron chi connectivity index (χ3n) is 2.49. The van der Waals surface area contributed by atoms with Crippen molar-refractivity contribution in [3.63, 3.8) is 0 Å². The number of ether oxygens (including phenoxy) is 1. The monoisotopic (exact) mass is 239 g/mol. The van der Waals surface area contributed by atoms with Gasteiger partial charge in [-0.3, -0.25) is 9.59 Å². The summed E-state index contributed by atoms with van der Waals surface area (Å²) in [5.41, 5.74) is 0. The molecule has 1 rings (SSSR count). The second-order valence-electron chi connectivity index (χ2n) is 3.61. The summed E-state index contributed by atoms with van der Waals surface area (Å²) in [5, 5.41) is 0. The molecule has 0 spiro atoms. The number of halogens is 3. The molecule has 0 aromatic carbocycles. The summed E-state index contributed by atoms with van der Waals surface area (Å²) in [6.45, 7) is -0.184. The highest BCUT2D eigenvalue weighted by atomic mass is 19.4. The maximum atomic E-state index is 12.1. The number of rotatable bonds is 1. The molecule has 92 valence electrons. The number of piperidine rings is 1. The fraction of sp³-hybridized carbons (Fsp3) is 0.778. The van der Waals surface area contributed by atoms with Crippen LogP contribution >= 0.6 is 0 Å². The van der Waals surface area contributed by atoms with E-state index in [1.807, 2.05) is 0 Å². The van der Waals surface area contributed by atoms with E-state index >= 15 is 0 Å². The summed E-state index contributed by atoms with van der Waals surface area (Å²) in [4.78, 5) is 22.7. The zero-order chi connectivity index (χ0) is 12.3. The van der Waals surface area contributed by atoms with Crippen LogP contribution < -0.4 is 0 Å². The molecule has 1 fully saturated rings. The summed E-state index contributed by atoms with van der Waals surface area (Å²) in [6.07, 6.45) is -4.05. The van der Waals surface area contributed by atoms with Crippen LogP contribution in [0, 0.1) is 5.92 Å². The molecule has 0 aromatic heterocycles. The molecule has 16 heavy (non-hydrogen) atoms. The number of esters is 1. The molecule has 1 aliphatic rings. The Morgan fingerprint density at radius 3 is 2.50 bits per heavy atom. The summed E-state index contributed by atoms with van der Waals surface area (Å²) >= 11 is 0. The van der Waals surface area contributed by atoms with Gasteiger partial charge in [-0.05, 0) is 12.8 Å². The maximum Gasteiger partial charge on any atom is 0.471 e. The van der Waals surface area contributed by atoms with Gasteiger partial charge >= 0.3 is 18.1 Å². The number of amides is 1. The summed E-state index contributed by atoms with van der Waals surface area (Å²) in [6, 6.07) is 0. The zero-order valence-electron chi connectivity index (χ0n) is 8.71. The van der Waals surface area contributed by atoms with E-state index in [-0.39, 0.29) is 13.1 Å². The number of hydrogen-bond donors (Lipinski definition) is 0. The van der Waals surface area contributed by atoms with E-state index < -0.39 is 24.0 Å². The van der Waals surface area contributed by atoms with Crippen molar-refractivity contribution >= 4 is 11.9 Å². The number of nitrogens with zero attached hydrogens (tertiary/aromatic N) is 1. The minimum atomic E-state index is -4.88. The van der Waals surface area contributed by atoms with Gasteiger partial charge in [0.05, 0.1) is 13.0 Å². The lowest BCUT2D eigenvalue weighted by atomic mass is 9.98. The number of alkyl halides is 3. The molecule has 1 unspecified atom stereocenters. The molecule has 4 nitrogen and oxygen atoms in total. The molecule has 0 radical (unpaired) electrons. The van der Waals surface area contributed by atoms with Crippen LogP contribution in [0.15, 0.2) is 0 Å². The molecule has 1 saturated heterocycles. The topological polar surface area (TPSA) is 46.6 Å². The molecule has 1 aliphatic heterocycles. The van der Waals surface area contributed by atoms with E-state index in [0.717, 1.165) is 0 Å². The van der Waals surface area contributed by atoms with E-state index in [9.17, 15) is 22.8 Å². The Hall–Kier alpha value is -1.27. The van der Waals surface area contributed by atoms with Gasteiger partial charge in [0.2, 0.25) is 0 Å². The lowest BCUT2D eigenvalue weighted by Gasteiger charge is -2.31. The first-order valence-corrected chi connectivity index (χ1v) is 4.80. The Balaban J connectivity index is 2.64. The van der Waals surface area contributed by atoms with Crippen LogP contribution in [0.3, 0.4) is 0 Å². The summed E-state index contributed by atoms with van der Waals surface area (Å²) < 4.78 is 40.9. The fourth-order valence-corrected chi connectivity index (χ4v) is 1.70. The van der Waals surface area contributed by atoms with Crippen LogP contribution in [0.25, 0.3) is 0 Å². The predicted octanol–water partition coefficient (Wildman–Crippen LogP) is 0.960. The largest absolute Gasteiger partial charge is 0.471 e. The molecular weight excluding hydrogens is 227 g/mol. The Bertz CT molecular complexity index is 290. The third-order valence-corrected chi connectivity index (χ3v) is 2.49. The average Bonchev–Trinajstić information content (AvgIpc) is 2.26. The number of hydrogen-bond acceptors (Lipinski definition) is 3. The van der Waals surface area contributed by atoms with Gasteiger partial charge in [-0.1, -0.05) is 0 Å². The highest BCUT2D eigenvalue weighted by Crippen LogP contribution is 2.24. The molecule has 1 atom stereocenters. The quantitative estimate of drug-likeness (QED) is 0.640. The van der Waals surface area contributed by atoms with Gasteiger partial charge < -0.3 is 9.64 Å². The van der Waals surface area contributed by atoms with Gasteiger partial charge in [-0.25, -0.2) is 0 Å². The first-order valence-electron chi connectivity index (χ1n) is 4.80. The molecule has 0 saturated carbocycles. The van der Waals surface area contributed by atoms with Gasteiger partial charge in [0.25, 0.3) is 0 Å². The van der Waals surface area contributed by atoms with Crippen molar-refractivity contribution in [3.8, 4) is 0 Å². The molecule has 1 amide bonds. The molecule has 0 bridgehead atoms. The molecular formula is C9H12F3NO3. The predicted molar refractivity (Wildman–Crippen MR) is 47.4 cm³/mol. The van der Waals surface area contributed by atoms with Crippen LogP contribution in [-0.2, 0) is 14.3 Å². The van der Waals surface area contributed by atoms with Crippen molar-refractivity contribution in [1.29, 1.82) is 0 Å². The minimum Gasteiger partial charge on any atom is -0.469 e. The number of methoxy groups -OCH3 is 1. The van der Waals surface area contributed by atoms with E-state index in [2.05, 4.69) is 4.74 Å². The van der Waals surface area contributed by atoms with Gasteiger partial charge in [0.1, 0.15) is 0 Å². The van der Waals surface area contributed by atoms with E-state index in [1.54, 1.807) is 0 Å². The smallest absolute Gasteiger partial charge is 0.469 e. The number of likely N-dealkylation sites (tertiary alicyclic amines) is 1. The van der Waals surface area contributed by atoms with E-state index in [1.165, 1.54) is 7.11 Å². The van der Waals surface area contributed by atoms with Crippen molar-refractivity contribution in [2.75, 3.05) is 20.2 Å². The Morgan fingerprint density at radius 2 is 2.00 bits per heavy atom. The first kappa shape index (κ1) is 12.8. The summed E-state index contributed by atoms with van der Waals surface area (Å²) in [5.74, 6) is -3.11. The second-order valence-corrected chi connectivity index (χ2v) is 3.61. The van der Waals surface area contributed by atoms with Crippen LogP contribution in [0.1, 0.15) is 12.8 Å². The highest BCUT2D eigenvalue weighted by molar-refractivity contribution is 5.83. The van der Waals surface area contributed by atoms with Gasteiger partial charge in [-0.15, -0.1) is 0 Å². The molecule has 0 N–H and O–H groups in total. The van der Waals surface area contributed by atoms with Crippen molar-refractivity contribution in [2.45, 2.75) is 19.0 Å². The molecule has 0 aliphatic carbocycles. The lowest BCUT2D eigenvalue weighted by molar-refractivity contribution is -0.187. The van der Waals surface area contributed by atoms with Gasteiger partial charge in [-0.2, -0.15) is 13.2 Å². The van der Waals surface area contributed by atoms with Crippen molar-refractivity contribution in [2.24, 2.45) is 5.92 Å². The van der Waals surface area contributed by atoms with Gasteiger partial charge in [0.15, 0.2) is 0 Å². The Morgan fingerprint density at radius 1 is 1.38 bits per heavy atom. The molecule has 0 aromatic rings. The first-order chi connectivity index (χ1) is 7.36. The standard InChI is InChI=1S/C9H12F3NO3/c1-16-7(14)6-3-2-4-13(5-6)8(15)9(10,11)12/h6H,2-5H2,1H3. The minimum absolute atomic E-state index is 0.0336. The molecule has 1 heterocycles. The summed E-state index contributed by atoms with van der Waals surface area (Å²) in [7, 11) is 1.17. The van der Waals surface area contributed by atoms with Crippen LogP contribution in [0.4, 0.5) is 13.2 Å². The zero-order valence-corrected chi connectivity index (χ0v) is 8.71. The SMILES string of the molecule is COC(=O)C1CCCN(C(=O)C(F)(F)F)C1. The number of carbonyl (C=O) groups is 2. The number of carbonyl (C=O) groups excluding carboxylic acids is 2. The molecule has 7 heteroatoms. The van der Waals surface area contributed by atoms with Crippen LogP contribution in [0.2, 0.25) is 0 Å². The maximum absolute atomic E-state index is 12.1. The van der Waals surface area contributed by atoms with Crippen molar-refractivity contribution < 1.29 is 27.5 Å².